The lowest BCUT2D eigenvalue weighted by molar-refractivity contribution is 0.139. The fraction of sp³-hybridized carbons (Fsp3) is 0.350. The van der Waals surface area contributed by atoms with E-state index >= 15 is 0 Å². The Kier molecular flexibility index (Phi) is 8.41. The van der Waals surface area contributed by atoms with Crippen molar-refractivity contribution in [2.75, 3.05) is 11.9 Å². The number of benzene rings is 2. The average Bonchev–Trinajstić information content (AvgIpc) is 2.65. The third-order valence-electron chi connectivity index (χ3n) is 3.68. The van der Waals surface area contributed by atoms with Gasteiger partial charge in [0, 0.05) is 17.9 Å². The summed E-state index contributed by atoms with van der Waals surface area (Å²) in [7, 11) is 0. The van der Waals surface area contributed by atoms with Gasteiger partial charge in [-0.05, 0) is 37.0 Å². The molecule has 0 unspecified atom stereocenters. The lowest BCUT2D eigenvalue weighted by Gasteiger charge is -2.16. The molecule has 0 aromatic heterocycles. The van der Waals surface area contributed by atoms with Crippen LogP contribution < -0.4 is 10.1 Å². The standard InChI is InChI=1S/C20H23BrFNO3/c1-15(13-21)26-19-12-18(22)10-9-17(19)8-5-11-23-20(24)25-14-16-6-3-2-4-7-16/h2-4,6-7,9-10,12,15H,5,8,11,13-14H2,1H3,(H,23,24)/t15-/m1/s1. The molecule has 4 nitrogen and oxygen atoms in total. The number of halogens is 2. The summed E-state index contributed by atoms with van der Waals surface area (Å²) in [6.45, 7) is 2.62. The molecule has 0 heterocycles. The Morgan fingerprint density at radius 2 is 2.00 bits per heavy atom. The Balaban J connectivity index is 1.74. The zero-order valence-corrected chi connectivity index (χ0v) is 16.3. The number of ether oxygens (including phenoxy) is 2. The third-order valence-corrected chi connectivity index (χ3v) is 4.59. The zero-order chi connectivity index (χ0) is 18.8. The predicted molar refractivity (Wildman–Crippen MR) is 103 cm³/mol. The van der Waals surface area contributed by atoms with E-state index in [1.165, 1.54) is 12.1 Å². The monoisotopic (exact) mass is 423 g/mol. The zero-order valence-electron chi connectivity index (χ0n) is 14.7. The Bertz CT molecular complexity index is 697. The highest BCUT2D eigenvalue weighted by Gasteiger charge is 2.10. The van der Waals surface area contributed by atoms with Crippen molar-refractivity contribution in [3.63, 3.8) is 0 Å². The number of alkyl carbamates (subject to hydrolysis) is 1. The summed E-state index contributed by atoms with van der Waals surface area (Å²) in [5, 5.41) is 3.39. The second-order valence-corrected chi connectivity index (χ2v) is 6.57. The fourth-order valence-corrected chi connectivity index (χ4v) is 2.47. The highest BCUT2D eigenvalue weighted by molar-refractivity contribution is 9.09. The van der Waals surface area contributed by atoms with Crippen LogP contribution >= 0.6 is 15.9 Å². The highest BCUT2D eigenvalue weighted by Crippen LogP contribution is 2.23. The van der Waals surface area contributed by atoms with Crippen LogP contribution in [-0.4, -0.2) is 24.1 Å². The van der Waals surface area contributed by atoms with Crippen LogP contribution in [0.1, 0.15) is 24.5 Å². The molecular weight excluding hydrogens is 401 g/mol. The Hall–Kier alpha value is -2.08. The molecule has 2 rings (SSSR count). The number of carbonyl (C=O) groups excluding carboxylic acids is 1. The molecule has 0 aliphatic rings. The van der Waals surface area contributed by atoms with E-state index in [1.807, 2.05) is 37.3 Å². The fourth-order valence-electron chi connectivity index (χ4n) is 2.34. The van der Waals surface area contributed by atoms with Gasteiger partial charge in [-0.25, -0.2) is 9.18 Å². The second kappa shape index (κ2) is 10.8. The maximum atomic E-state index is 13.5. The van der Waals surface area contributed by atoms with Crippen molar-refractivity contribution in [1.29, 1.82) is 0 Å². The summed E-state index contributed by atoms with van der Waals surface area (Å²) in [5.74, 6) is 0.219. The lowest BCUT2D eigenvalue weighted by Crippen LogP contribution is -2.25. The van der Waals surface area contributed by atoms with E-state index in [0.717, 1.165) is 11.1 Å². The van der Waals surface area contributed by atoms with Crippen LogP contribution in [0.4, 0.5) is 9.18 Å². The van der Waals surface area contributed by atoms with Crippen molar-refractivity contribution in [2.24, 2.45) is 0 Å². The molecule has 0 bridgehead atoms. The van der Waals surface area contributed by atoms with Crippen LogP contribution in [0.2, 0.25) is 0 Å². The van der Waals surface area contributed by atoms with Gasteiger partial charge in [-0.3, -0.25) is 0 Å². The number of hydrogen-bond donors (Lipinski definition) is 1. The van der Waals surface area contributed by atoms with Gasteiger partial charge in [-0.15, -0.1) is 0 Å². The first kappa shape index (κ1) is 20.2. The predicted octanol–water partition coefficient (Wildman–Crippen LogP) is 4.85. The number of rotatable bonds is 9. The summed E-state index contributed by atoms with van der Waals surface area (Å²) in [6, 6.07) is 14.0. The summed E-state index contributed by atoms with van der Waals surface area (Å²) in [5.41, 5.74) is 1.86. The SMILES string of the molecule is C[C@H](CBr)Oc1cc(F)ccc1CCCNC(=O)OCc1ccccc1. The third kappa shape index (κ3) is 7.04. The van der Waals surface area contributed by atoms with E-state index in [9.17, 15) is 9.18 Å². The van der Waals surface area contributed by atoms with E-state index in [0.29, 0.717) is 30.5 Å². The highest BCUT2D eigenvalue weighted by atomic mass is 79.9. The van der Waals surface area contributed by atoms with Crippen LogP contribution in [0.25, 0.3) is 0 Å². The van der Waals surface area contributed by atoms with Gasteiger partial charge in [0.2, 0.25) is 0 Å². The van der Waals surface area contributed by atoms with Crippen molar-refractivity contribution in [3.8, 4) is 5.75 Å². The summed E-state index contributed by atoms with van der Waals surface area (Å²) < 4.78 is 24.4. The quantitative estimate of drug-likeness (QED) is 0.463. The van der Waals surface area contributed by atoms with Crippen molar-refractivity contribution < 1.29 is 18.7 Å². The molecule has 0 fully saturated rings. The molecule has 140 valence electrons. The first-order chi connectivity index (χ1) is 12.6. The summed E-state index contributed by atoms with van der Waals surface area (Å²) in [4.78, 5) is 11.7. The minimum atomic E-state index is -0.447. The Morgan fingerprint density at radius 3 is 2.73 bits per heavy atom. The van der Waals surface area contributed by atoms with Gasteiger partial charge in [0.1, 0.15) is 24.3 Å². The van der Waals surface area contributed by atoms with Crippen LogP contribution in [0, 0.1) is 5.82 Å². The molecule has 1 N–H and O–H groups in total. The molecule has 0 saturated carbocycles. The van der Waals surface area contributed by atoms with E-state index in [4.69, 9.17) is 9.47 Å². The number of aryl methyl sites for hydroxylation is 1. The molecule has 26 heavy (non-hydrogen) atoms. The normalized spacial score (nSPS) is 11.7. The lowest BCUT2D eigenvalue weighted by atomic mass is 10.1. The molecule has 2 aromatic carbocycles. The number of nitrogens with one attached hydrogen (secondary N) is 1. The number of hydrogen-bond acceptors (Lipinski definition) is 3. The van der Waals surface area contributed by atoms with Gasteiger partial charge in [0.15, 0.2) is 0 Å². The molecule has 1 amide bonds. The largest absolute Gasteiger partial charge is 0.489 e. The van der Waals surface area contributed by atoms with Crippen LogP contribution in [0.3, 0.4) is 0 Å². The van der Waals surface area contributed by atoms with Gasteiger partial charge in [0.05, 0.1) is 0 Å². The smallest absolute Gasteiger partial charge is 0.407 e. The first-order valence-corrected chi connectivity index (χ1v) is 9.66. The van der Waals surface area contributed by atoms with Gasteiger partial charge < -0.3 is 14.8 Å². The van der Waals surface area contributed by atoms with Crippen LogP contribution in [-0.2, 0) is 17.8 Å². The molecule has 0 spiro atoms. The van der Waals surface area contributed by atoms with Crippen LogP contribution in [0.5, 0.6) is 5.75 Å². The number of carbonyl (C=O) groups is 1. The van der Waals surface area contributed by atoms with Crippen LogP contribution in [0.15, 0.2) is 48.5 Å². The Morgan fingerprint density at radius 1 is 1.23 bits per heavy atom. The topological polar surface area (TPSA) is 47.6 Å². The van der Waals surface area contributed by atoms with Gasteiger partial charge >= 0.3 is 6.09 Å². The van der Waals surface area contributed by atoms with E-state index in [-0.39, 0.29) is 18.5 Å². The minimum Gasteiger partial charge on any atom is -0.489 e. The van der Waals surface area contributed by atoms with E-state index in [1.54, 1.807) is 6.07 Å². The molecule has 0 radical (unpaired) electrons. The van der Waals surface area contributed by atoms with E-state index in [2.05, 4.69) is 21.2 Å². The summed E-state index contributed by atoms with van der Waals surface area (Å²) in [6.07, 6.45) is 0.869. The van der Waals surface area contributed by atoms with Crippen molar-refractivity contribution in [1.82, 2.24) is 5.32 Å². The van der Waals surface area contributed by atoms with Crippen molar-refractivity contribution >= 4 is 22.0 Å². The molecule has 6 heteroatoms. The van der Waals surface area contributed by atoms with Gasteiger partial charge in [0.25, 0.3) is 0 Å². The average molecular weight is 424 g/mol. The van der Waals surface area contributed by atoms with Crippen molar-refractivity contribution in [3.05, 3.63) is 65.5 Å². The molecule has 1 atom stereocenters. The minimum absolute atomic E-state index is 0.0540. The van der Waals surface area contributed by atoms with Gasteiger partial charge in [-0.2, -0.15) is 0 Å². The molecular formula is C20H23BrFNO3. The first-order valence-electron chi connectivity index (χ1n) is 8.54. The molecule has 0 saturated heterocycles. The van der Waals surface area contributed by atoms with Crippen molar-refractivity contribution in [2.45, 2.75) is 32.5 Å². The summed E-state index contributed by atoms with van der Waals surface area (Å²) >= 11 is 3.35. The van der Waals surface area contributed by atoms with Gasteiger partial charge in [-0.1, -0.05) is 52.3 Å². The molecule has 2 aromatic rings. The maximum absolute atomic E-state index is 13.5. The molecule has 0 aliphatic carbocycles. The number of amides is 1. The molecule has 0 aliphatic heterocycles. The second-order valence-electron chi connectivity index (χ2n) is 5.93. The maximum Gasteiger partial charge on any atom is 0.407 e. The Labute approximate surface area is 161 Å². The van der Waals surface area contributed by atoms with E-state index < -0.39 is 6.09 Å². The number of alkyl halides is 1.